The normalized spacial score (nSPS) is 10.1. The summed E-state index contributed by atoms with van der Waals surface area (Å²) >= 11 is 0. The maximum atomic E-state index is 12.9. The lowest BCUT2D eigenvalue weighted by atomic mass is 10.2. The van der Waals surface area contributed by atoms with E-state index in [9.17, 15) is 4.39 Å². The Morgan fingerprint density at radius 2 is 2.12 bits per heavy atom. The van der Waals surface area contributed by atoms with Crippen LogP contribution < -0.4 is 11.1 Å². The van der Waals surface area contributed by atoms with E-state index in [4.69, 9.17) is 5.73 Å². The van der Waals surface area contributed by atoms with Gasteiger partial charge in [-0.2, -0.15) is 4.98 Å². The molecule has 0 aliphatic heterocycles. The third-order valence-electron chi connectivity index (χ3n) is 2.13. The number of nitrogens with one attached hydrogen (secondary N) is 1. The highest BCUT2D eigenvalue weighted by atomic mass is 19.1. The lowest BCUT2D eigenvalue weighted by molar-refractivity contribution is 0.627. The van der Waals surface area contributed by atoms with Gasteiger partial charge in [0, 0.05) is 11.9 Å². The van der Waals surface area contributed by atoms with E-state index in [2.05, 4.69) is 15.3 Å². The molecule has 16 heavy (non-hydrogen) atoms. The largest absolute Gasteiger partial charge is 0.368 e. The average Bonchev–Trinajstić information content (AvgIpc) is 2.22. The van der Waals surface area contributed by atoms with Crippen molar-refractivity contribution in [3.8, 4) is 0 Å². The standard InChI is InChI=1S/C11H11FN4/c1-7-6-8(12)2-3-9(7)15-10-4-5-14-11(13)16-10/h2-6H,1H3,(H3,13,14,15,16). The first-order valence-electron chi connectivity index (χ1n) is 4.77. The van der Waals surface area contributed by atoms with Gasteiger partial charge in [0.05, 0.1) is 0 Å². The summed E-state index contributed by atoms with van der Waals surface area (Å²) in [6.07, 6.45) is 1.56. The molecule has 0 fully saturated rings. The van der Waals surface area contributed by atoms with Gasteiger partial charge in [0.25, 0.3) is 0 Å². The minimum Gasteiger partial charge on any atom is -0.368 e. The number of anilines is 3. The van der Waals surface area contributed by atoms with Crippen molar-refractivity contribution >= 4 is 17.5 Å². The zero-order valence-corrected chi connectivity index (χ0v) is 8.74. The molecule has 0 aliphatic carbocycles. The van der Waals surface area contributed by atoms with E-state index in [1.54, 1.807) is 18.3 Å². The molecule has 0 spiro atoms. The fraction of sp³-hybridized carbons (Fsp3) is 0.0909. The van der Waals surface area contributed by atoms with Crippen molar-refractivity contribution in [1.29, 1.82) is 0 Å². The Kier molecular flexibility index (Phi) is 2.68. The molecule has 0 aliphatic rings. The first kappa shape index (κ1) is 10.4. The van der Waals surface area contributed by atoms with Gasteiger partial charge in [-0.1, -0.05) is 0 Å². The minimum absolute atomic E-state index is 0.199. The molecule has 1 aromatic carbocycles. The molecule has 0 bridgehead atoms. The summed E-state index contributed by atoms with van der Waals surface area (Å²) in [5.41, 5.74) is 7.05. The molecule has 0 saturated carbocycles. The van der Waals surface area contributed by atoms with Gasteiger partial charge in [0.2, 0.25) is 5.95 Å². The van der Waals surface area contributed by atoms with Gasteiger partial charge in [0.15, 0.2) is 0 Å². The Hall–Kier alpha value is -2.17. The van der Waals surface area contributed by atoms with Gasteiger partial charge in [-0.05, 0) is 36.8 Å². The number of hydrogen-bond donors (Lipinski definition) is 2. The van der Waals surface area contributed by atoms with Crippen molar-refractivity contribution in [2.75, 3.05) is 11.1 Å². The molecule has 1 heterocycles. The number of rotatable bonds is 2. The van der Waals surface area contributed by atoms with E-state index in [1.807, 2.05) is 6.92 Å². The molecule has 0 radical (unpaired) electrons. The summed E-state index contributed by atoms with van der Waals surface area (Å²) in [5, 5.41) is 3.04. The summed E-state index contributed by atoms with van der Waals surface area (Å²) < 4.78 is 12.9. The van der Waals surface area contributed by atoms with Gasteiger partial charge in [-0.15, -0.1) is 0 Å². The van der Waals surface area contributed by atoms with Crippen LogP contribution in [0.15, 0.2) is 30.5 Å². The van der Waals surface area contributed by atoms with Crippen molar-refractivity contribution in [1.82, 2.24) is 9.97 Å². The Bertz CT molecular complexity index is 513. The molecule has 3 N–H and O–H groups in total. The van der Waals surface area contributed by atoms with E-state index >= 15 is 0 Å². The van der Waals surface area contributed by atoms with E-state index in [-0.39, 0.29) is 11.8 Å². The number of nitrogen functional groups attached to an aromatic ring is 1. The van der Waals surface area contributed by atoms with Crippen LogP contribution in [0.4, 0.5) is 21.8 Å². The molecule has 0 unspecified atom stereocenters. The molecule has 0 amide bonds. The fourth-order valence-electron chi connectivity index (χ4n) is 1.35. The Labute approximate surface area is 92.3 Å². The van der Waals surface area contributed by atoms with Crippen molar-refractivity contribution in [2.24, 2.45) is 0 Å². The summed E-state index contributed by atoms with van der Waals surface area (Å²) in [4.78, 5) is 7.78. The Morgan fingerprint density at radius 1 is 1.31 bits per heavy atom. The highest BCUT2D eigenvalue weighted by molar-refractivity contribution is 5.60. The average molecular weight is 218 g/mol. The minimum atomic E-state index is -0.259. The SMILES string of the molecule is Cc1cc(F)ccc1Nc1ccnc(N)n1. The fourth-order valence-corrected chi connectivity index (χ4v) is 1.35. The van der Waals surface area contributed by atoms with Gasteiger partial charge in [0.1, 0.15) is 11.6 Å². The van der Waals surface area contributed by atoms with Crippen LogP contribution in [0.5, 0.6) is 0 Å². The van der Waals surface area contributed by atoms with E-state index in [0.717, 1.165) is 11.3 Å². The molecule has 1 aromatic heterocycles. The van der Waals surface area contributed by atoms with E-state index in [0.29, 0.717) is 5.82 Å². The number of aromatic nitrogens is 2. The number of halogens is 1. The van der Waals surface area contributed by atoms with Crippen molar-refractivity contribution in [3.05, 3.63) is 41.8 Å². The maximum absolute atomic E-state index is 12.9. The second-order valence-corrected chi connectivity index (χ2v) is 3.38. The molecule has 0 saturated heterocycles. The van der Waals surface area contributed by atoms with Crippen molar-refractivity contribution in [3.63, 3.8) is 0 Å². The number of nitrogens with two attached hydrogens (primary N) is 1. The molecule has 2 rings (SSSR count). The van der Waals surface area contributed by atoms with E-state index < -0.39 is 0 Å². The number of hydrogen-bond acceptors (Lipinski definition) is 4. The predicted octanol–water partition coefficient (Wildman–Crippen LogP) is 2.25. The summed E-state index contributed by atoms with van der Waals surface area (Å²) in [5.74, 6) is 0.525. The summed E-state index contributed by atoms with van der Waals surface area (Å²) in [7, 11) is 0. The monoisotopic (exact) mass is 218 g/mol. The van der Waals surface area contributed by atoms with Crippen molar-refractivity contribution in [2.45, 2.75) is 6.92 Å². The van der Waals surface area contributed by atoms with Crippen LogP contribution in [0.1, 0.15) is 5.56 Å². The first-order chi connectivity index (χ1) is 7.65. The summed E-state index contributed by atoms with van der Waals surface area (Å²) in [6, 6.07) is 6.19. The van der Waals surface area contributed by atoms with Crippen molar-refractivity contribution < 1.29 is 4.39 Å². The van der Waals surface area contributed by atoms with Crippen LogP contribution in [-0.2, 0) is 0 Å². The predicted molar refractivity (Wildman–Crippen MR) is 60.9 cm³/mol. The topological polar surface area (TPSA) is 63.8 Å². The van der Waals surface area contributed by atoms with E-state index in [1.165, 1.54) is 12.1 Å². The smallest absolute Gasteiger partial charge is 0.221 e. The second-order valence-electron chi connectivity index (χ2n) is 3.38. The van der Waals surface area contributed by atoms with Gasteiger partial charge < -0.3 is 11.1 Å². The molecule has 82 valence electrons. The molecular formula is C11H11FN4. The highest BCUT2D eigenvalue weighted by Gasteiger charge is 2.01. The molecular weight excluding hydrogens is 207 g/mol. The third kappa shape index (κ3) is 2.25. The van der Waals surface area contributed by atoms with Crippen LogP contribution in [0, 0.1) is 12.7 Å². The summed E-state index contributed by atoms with van der Waals surface area (Å²) in [6.45, 7) is 1.82. The lowest BCUT2D eigenvalue weighted by Crippen LogP contribution is -2.00. The van der Waals surface area contributed by atoms with Gasteiger partial charge in [-0.3, -0.25) is 0 Å². The maximum Gasteiger partial charge on any atom is 0.221 e. The lowest BCUT2D eigenvalue weighted by Gasteiger charge is -2.08. The van der Waals surface area contributed by atoms with Crippen LogP contribution in [0.2, 0.25) is 0 Å². The third-order valence-corrected chi connectivity index (χ3v) is 2.13. The molecule has 4 nitrogen and oxygen atoms in total. The highest BCUT2D eigenvalue weighted by Crippen LogP contribution is 2.19. The number of benzene rings is 1. The molecule has 0 atom stereocenters. The zero-order valence-electron chi connectivity index (χ0n) is 8.74. The number of aryl methyl sites for hydroxylation is 1. The second kappa shape index (κ2) is 4.14. The molecule has 5 heteroatoms. The van der Waals surface area contributed by atoms with Crippen LogP contribution >= 0.6 is 0 Å². The van der Waals surface area contributed by atoms with Crippen LogP contribution in [0.3, 0.4) is 0 Å². The Balaban J connectivity index is 2.27. The van der Waals surface area contributed by atoms with Crippen LogP contribution in [-0.4, -0.2) is 9.97 Å². The first-order valence-corrected chi connectivity index (χ1v) is 4.77. The zero-order chi connectivity index (χ0) is 11.5. The number of nitrogens with zero attached hydrogens (tertiary/aromatic N) is 2. The van der Waals surface area contributed by atoms with Gasteiger partial charge >= 0.3 is 0 Å². The quantitative estimate of drug-likeness (QED) is 0.811. The molecule has 2 aromatic rings. The Morgan fingerprint density at radius 3 is 2.81 bits per heavy atom. The van der Waals surface area contributed by atoms with Crippen LogP contribution in [0.25, 0.3) is 0 Å². The van der Waals surface area contributed by atoms with Gasteiger partial charge in [-0.25, -0.2) is 9.37 Å².